The zero-order valence-electron chi connectivity index (χ0n) is 10.9. The van der Waals surface area contributed by atoms with Crippen LogP contribution in [0.2, 0.25) is 0 Å². The molecule has 0 bridgehead atoms. The van der Waals surface area contributed by atoms with Crippen molar-refractivity contribution in [3.63, 3.8) is 0 Å². The molecule has 98 valence electrons. The Balaban J connectivity index is 4.32. The van der Waals surface area contributed by atoms with E-state index in [2.05, 4.69) is 11.7 Å². The number of ether oxygens (including phenoxy) is 1. The van der Waals surface area contributed by atoms with Crippen LogP contribution in [0, 0.1) is 0 Å². The molecule has 0 saturated carbocycles. The van der Waals surface area contributed by atoms with Crippen molar-refractivity contribution in [1.82, 2.24) is 0 Å². The number of rotatable bonds is 8. The zero-order chi connectivity index (χ0) is 13.3. The minimum atomic E-state index is -0.761. The molecule has 0 aliphatic carbocycles. The zero-order valence-corrected chi connectivity index (χ0v) is 10.9. The van der Waals surface area contributed by atoms with Crippen molar-refractivity contribution < 1.29 is 19.4 Å². The molecule has 0 rings (SSSR count). The number of hydrogen-bond donors (Lipinski definition) is 1. The summed E-state index contributed by atoms with van der Waals surface area (Å²) in [7, 11) is 1.19. The molecule has 0 aromatic carbocycles. The molecule has 0 aliphatic heterocycles. The van der Waals surface area contributed by atoms with Crippen molar-refractivity contribution in [2.24, 2.45) is 0 Å². The number of unbranched alkanes of at least 4 members (excludes halogenated alkanes) is 4. The van der Waals surface area contributed by atoms with E-state index in [1.807, 2.05) is 0 Å². The van der Waals surface area contributed by atoms with Gasteiger partial charge in [0, 0.05) is 6.42 Å². The van der Waals surface area contributed by atoms with Gasteiger partial charge in [0.05, 0.1) is 7.11 Å². The first-order chi connectivity index (χ1) is 8.04. The molecule has 0 aromatic heterocycles. The number of allylic oxidation sites excluding steroid dienone is 1. The monoisotopic (exact) mass is 242 g/mol. The van der Waals surface area contributed by atoms with Crippen molar-refractivity contribution >= 4 is 11.8 Å². The number of carbonyl (C=O) groups excluding carboxylic acids is 2. The van der Waals surface area contributed by atoms with Gasteiger partial charge in [-0.2, -0.15) is 0 Å². The van der Waals surface area contributed by atoms with Crippen LogP contribution in [0.4, 0.5) is 0 Å². The van der Waals surface area contributed by atoms with Crippen molar-refractivity contribution in [3.8, 4) is 0 Å². The maximum Gasteiger partial charge on any atom is 0.344 e. The fourth-order valence-electron chi connectivity index (χ4n) is 1.59. The van der Waals surface area contributed by atoms with Crippen LogP contribution >= 0.6 is 0 Å². The third kappa shape index (κ3) is 6.09. The second kappa shape index (κ2) is 8.79. The predicted octanol–water partition coefficient (Wildman–Crippen LogP) is 2.92. The van der Waals surface area contributed by atoms with E-state index in [4.69, 9.17) is 0 Å². The average molecular weight is 242 g/mol. The molecule has 0 heterocycles. The van der Waals surface area contributed by atoms with Gasteiger partial charge in [-0.05, 0) is 13.3 Å². The van der Waals surface area contributed by atoms with E-state index in [9.17, 15) is 14.7 Å². The second-order valence-electron chi connectivity index (χ2n) is 4.03. The average Bonchev–Trinajstić information content (AvgIpc) is 2.28. The standard InChI is InChI=1S/C13H22O4/c1-4-5-6-7-8-9-11(15)12(10(2)14)13(16)17-3/h15H,4-9H2,1-3H3/b12-11+. The molecule has 0 spiro atoms. The number of aliphatic hydroxyl groups excluding tert-OH is 1. The molecule has 0 aromatic rings. The molecule has 4 nitrogen and oxygen atoms in total. The van der Waals surface area contributed by atoms with Gasteiger partial charge in [-0.1, -0.05) is 32.6 Å². The maximum atomic E-state index is 11.3. The van der Waals surface area contributed by atoms with Crippen LogP contribution in [0.25, 0.3) is 0 Å². The Morgan fingerprint density at radius 2 is 1.71 bits per heavy atom. The summed E-state index contributed by atoms with van der Waals surface area (Å²) in [6.45, 7) is 3.38. The summed E-state index contributed by atoms with van der Waals surface area (Å²) in [5.74, 6) is -1.37. The van der Waals surface area contributed by atoms with Crippen molar-refractivity contribution in [1.29, 1.82) is 0 Å². The number of Topliss-reactive ketones (excluding diaryl/α,β-unsaturated/α-hetero) is 1. The molecule has 17 heavy (non-hydrogen) atoms. The molecule has 0 amide bonds. The highest BCUT2D eigenvalue weighted by molar-refractivity contribution is 6.16. The van der Waals surface area contributed by atoms with E-state index < -0.39 is 11.8 Å². The first-order valence-corrected chi connectivity index (χ1v) is 6.05. The number of aliphatic hydroxyl groups is 1. The lowest BCUT2D eigenvalue weighted by Crippen LogP contribution is -2.14. The van der Waals surface area contributed by atoms with Gasteiger partial charge in [0.1, 0.15) is 11.3 Å². The molecule has 0 fully saturated rings. The fourth-order valence-corrected chi connectivity index (χ4v) is 1.59. The molecule has 0 atom stereocenters. The Bertz CT molecular complexity index is 292. The van der Waals surface area contributed by atoms with E-state index in [0.717, 1.165) is 25.7 Å². The van der Waals surface area contributed by atoms with Gasteiger partial charge in [-0.3, -0.25) is 4.79 Å². The summed E-state index contributed by atoms with van der Waals surface area (Å²) >= 11 is 0. The lowest BCUT2D eigenvalue weighted by atomic mass is 10.1. The van der Waals surface area contributed by atoms with Crippen LogP contribution in [0.15, 0.2) is 11.3 Å². The van der Waals surface area contributed by atoms with Crippen LogP contribution in [0.5, 0.6) is 0 Å². The van der Waals surface area contributed by atoms with Crippen LogP contribution in [0.1, 0.15) is 52.4 Å². The Hall–Kier alpha value is -1.32. The third-order valence-corrected chi connectivity index (χ3v) is 2.55. The minimum Gasteiger partial charge on any atom is -0.511 e. The molecular weight excluding hydrogens is 220 g/mol. The predicted molar refractivity (Wildman–Crippen MR) is 65.7 cm³/mol. The summed E-state index contributed by atoms with van der Waals surface area (Å²) in [6.07, 6.45) is 5.55. The number of hydrogen-bond acceptors (Lipinski definition) is 4. The van der Waals surface area contributed by atoms with Crippen molar-refractivity contribution in [3.05, 3.63) is 11.3 Å². The van der Waals surface area contributed by atoms with E-state index in [1.165, 1.54) is 20.5 Å². The summed E-state index contributed by atoms with van der Waals surface area (Å²) in [4.78, 5) is 22.5. The molecule has 0 saturated heterocycles. The van der Waals surface area contributed by atoms with Gasteiger partial charge in [0.2, 0.25) is 0 Å². The first-order valence-electron chi connectivity index (χ1n) is 6.05. The van der Waals surface area contributed by atoms with E-state index in [1.54, 1.807) is 0 Å². The second-order valence-corrected chi connectivity index (χ2v) is 4.03. The van der Waals surface area contributed by atoms with E-state index in [-0.39, 0.29) is 11.3 Å². The van der Waals surface area contributed by atoms with Gasteiger partial charge >= 0.3 is 5.97 Å². The quantitative estimate of drug-likeness (QED) is 0.177. The third-order valence-electron chi connectivity index (χ3n) is 2.55. The van der Waals surface area contributed by atoms with Crippen LogP contribution in [-0.2, 0) is 14.3 Å². The summed E-state index contributed by atoms with van der Waals surface area (Å²) in [5.41, 5.74) is -0.219. The van der Waals surface area contributed by atoms with Gasteiger partial charge < -0.3 is 9.84 Å². The lowest BCUT2D eigenvalue weighted by molar-refractivity contribution is -0.137. The van der Waals surface area contributed by atoms with Crippen molar-refractivity contribution in [2.45, 2.75) is 52.4 Å². The van der Waals surface area contributed by atoms with Gasteiger partial charge in [0.25, 0.3) is 0 Å². The Morgan fingerprint density at radius 1 is 1.12 bits per heavy atom. The number of carbonyl (C=O) groups is 2. The summed E-state index contributed by atoms with van der Waals surface area (Å²) in [6, 6.07) is 0. The van der Waals surface area contributed by atoms with E-state index >= 15 is 0 Å². The van der Waals surface area contributed by atoms with Crippen LogP contribution in [0.3, 0.4) is 0 Å². The molecule has 0 aliphatic rings. The molecule has 4 heteroatoms. The van der Waals surface area contributed by atoms with E-state index in [0.29, 0.717) is 6.42 Å². The normalized spacial score (nSPS) is 11.9. The molecule has 1 N–H and O–H groups in total. The topological polar surface area (TPSA) is 63.6 Å². The van der Waals surface area contributed by atoms with Gasteiger partial charge in [0.15, 0.2) is 5.78 Å². The number of esters is 1. The highest BCUT2D eigenvalue weighted by atomic mass is 16.5. The highest BCUT2D eigenvalue weighted by Gasteiger charge is 2.20. The Kier molecular flexibility index (Phi) is 8.11. The fraction of sp³-hybridized carbons (Fsp3) is 0.692. The lowest BCUT2D eigenvalue weighted by Gasteiger charge is -2.06. The SMILES string of the molecule is CCCCCCC/C(O)=C(/C(C)=O)C(=O)OC. The van der Waals surface area contributed by atoms with Crippen LogP contribution in [-0.4, -0.2) is 24.0 Å². The van der Waals surface area contributed by atoms with Crippen molar-refractivity contribution in [2.75, 3.05) is 7.11 Å². The minimum absolute atomic E-state index is 0.152. The largest absolute Gasteiger partial charge is 0.511 e. The summed E-state index contributed by atoms with van der Waals surface area (Å²) in [5, 5.41) is 9.70. The molecule has 0 unspecified atom stereocenters. The maximum absolute atomic E-state index is 11.3. The Labute approximate surface area is 103 Å². The Morgan fingerprint density at radius 3 is 2.18 bits per heavy atom. The first kappa shape index (κ1) is 15.7. The highest BCUT2D eigenvalue weighted by Crippen LogP contribution is 2.14. The van der Waals surface area contributed by atoms with Gasteiger partial charge in [-0.15, -0.1) is 0 Å². The number of ketones is 1. The smallest absolute Gasteiger partial charge is 0.344 e. The summed E-state index contributed by atoms with van der Waals surface area (Å²) < 4.78 is 4.46. The number of methoxy groups -OCH3 is 1. The molecular formula is C13H22O4. The molecule has 0 radical (unpaired) electrons. The van der Waals surface area contributed by atoms with Gasteiger partial charge in [-0.25, -0.2) is 4.79 Å². The van der Waals surface area contributed by atoms with Crippen LogP contribution < -0.4 is 0 Å².